The number of carbonyl (C=O) groups excluding carboxylic acids is 1. The molecule has 1 fully saturated rings. The van der Waals surface area contributed by atoms with Crippen molar-refractivity contribution in [3.05, 3.63) is 0 Å². The predicted molar refractivity (Wildman–Crippen MR) is 89.4 cm³/mol. The Labute approximate surface area is 133 Å². The summed E-state index contributed by atoms with van der Waals surface area (Å²) in [6.45, 7) is 8.71. The van der Waals surface area contributed by atoms with E-state index in [4.69, 9.17) is 22.7 Å². The highest BCUT2D eigenvalue weighted by Gasteiger charge is 2.25. The van der Waals surface area contributed by atoms with E-state index in [-0.39, 0.29) is 12.0 Å². The fourth-order valence-electron chi connectivity index (χ4n) is 2.57. The summed E-state index contributed by atoms with van der Waals surface area (Å²) >= 11 is 5.17. The summed E-state index contributed by atoms with van der Waals surface area (Å²) in [4.78, 5) is 16.8. The maximum absolute atomic E-state index is 11.7. The smallest absolute Gasteiger partial charge is 0.320 e. The largest absolute Gasteiger partial charge is 0.465 e. The normalized spacial score (nSPS) is 18.4. The van der Waals surface area contributed by atoms with Crippen LogP contribution in [-0.4, -0.2) is 66.1 Å². The highest BCUT2D eigenvalue weighted by atomic mass is 32.1. The number of hydrogen-bond acceptors (Lipinski definition) is 5. The number of ether oxygens (including phenoxy) is 1. The Kier molecular flexibility index (Phi) is 8.80. The second-order valence-electron chi connectivity index (χ2n) is 5.59. The number of esters is 1. The van der Waals surface area contributed by atoms with E-state index in [1.54, 1.807) is 0 Å². The number of hydrogen-bond donors (Lipinski definition) is 1. The second kappa shape index (κ2) is 10.1. The summed E-state index contributed by atoms with van der Waals surface area (Å²) in [5.41, 5.74) is 5.84. The lowest BCUT2D eigenvalue weighted by atomic mass is 10.1. The number of thiocarbonyl (C=S) groups is 1. The minimum Gasteiger partial charge on any atom is -0.465 e. The maximum Gasteiger partial charge on any atom is 0.320 e. The van der Waals surface area contributed by atoms with Gasteiger partial charge >= 0.3 is 5.97 Å². The molecule has 0 aromatic carbocycles. The summed E-state index contributed by atoms with van der Waals surface area (Å²) in [6, 6.07) is 0.198. The minimum absolute atomic E-state index is 0.114. The molecule has 0 bridgehead atoms. The quantitative estimate of drug-likeness (QED) is 0.394. The Morgan fingerprint density at radius 1 is 1.24 bits per heavy atom. The molecule has 0 aromatic rings. The van der Waals surface area contributed by atoms with E-state index < -0.39 is 0 Å². The van der Waals surface area contributed by atoms with Gasteiger partial charge in [0.1, 0.15) is 0 Å². The molecule has 1 heterocycles. The SMILES string of the molecule is CCCCOC(=O)CN1CCN(C(CCC)C(N)=S)CC1. The first kappa shape index (κ1) is 18.3. The molecule has 122 valence electrons. The summed E-state index contributed by atoms with van der Waals surface area (Å²) in [5, 5.41) is 0. The third-order valence-electron chi connectivity index (χ3n) is 3.85. The number of unbranched alkanes of at least 4 members (excludes halogenated alkanes) is 1. The number of piperazine rings is 1. The first-order valence-corrected chi connectivity index (χ1v) is 8.40. The van der Waals surface area contributed by atoms with Crippen LogP contribution >= 0.6 is 12.2 Å². The lowest BCUT2D eigenvalue weighted by Gasteiger charge is -2.38. The zero-order valence-electron chi connectivity index (χ0n) is 13.3. The van der Waals surface area contributed by atoms with Gasteiger partial charge < -0.3 is 10.5 Å². The zero-order valence-corrected chi connectivity index (χ0v) is 14.2. The molecule has 0 aromatic heterocycles. The van der Waals surface area contributed by atoms with Crippen LogP contribution in [0.25, 0.3) is 0 Å². The van der Waals surface area contributed by atoms with Crippen molar-refractivity contribution in [2.45, 2.75) is 45.6 Å². The third kappa shape index (κ3) is 6.72. The summed E-state index contributed by atoms with van der Waals surface area (Å²) in [6.07, 6.45) is 4.07. The molecule has 0 amide bonds. The first-order chi connectivity index (χ1) is 10.1. The number of carbonyl (C=O) groups is 1. The highest BCUT2D eigenvalue weighted by Crippen LogP contribution is 2.11. The van der Waals surface area contributed by atoms with E-state index >= 15 is 0 Å². The van der Waals surface area contributed by atoms with Gasteiger partial charge in [-0.2, -0.15) is 0 Å². The molecule has 1 atom stereocenters. The van der Waals surface area contributed by atoms with Crippen LogP contribution in [-0.2, 0) is 9.53 Å². The minimum atomic E-state index is -0.114. The standard InChI is InChI=1S/C15H29N3O2S/c1-3-5-11-20-14(19)12-17-7-9-18(10-8-17)13(6-4-2)15(16)21/h13H,3-12H2,1-2H3,(H2,16,21). The molecule has 2 N–H and O–H groups in total. The first-order valence-electron chi connectivity index (χ1n) is 7.99. The predicted octanol–water partition coefficient (Wildman–Crippen LogP) is 1.40. The van der Waals surface area contributed by atoms with Crippen LogP contribution in [0.3, 0.4) is 0 Å². The third-order valence-corrected chi connectivity index (χ3v) is 4.12. The van der Waals surface area contributed by atoms with E-state index in [1.807, 2.05) is 0 Å². The van der Waals surface area contributed by atoms with Gasteiger partial charge in [0.25, 0.3) is 0 Å². The van der Waals surface area contributed by atoms with Crippen molar-refractivity contribution in [2.24, 2.45) is 5.73 Å². The van der Waals surface area contributed by atoms with Gasteiger partial charge in [0.15, 0.2) is 0 Å². The summed E-state index contributed by atoms with van der Waals surface area (Å²) in [5.74, 6) is -0.114. The molecule has 0 saturated carbocycles. The molecular formula is C15H29N3O2S. The molecular weight excluding hydrogens is 286 g/mol. The molecule has 1 rings (SSSR count). The van der Waals surface area contributed by atoms with Gasteiger partial charge in [-0.05, 0) is 12.8 Å². The van der Waals surface area contributed by atoms with E-state index in [9.17, 15) is 4.79 Å². The van der Waals surface area contributed by atoms with Crippen molar-refractivity contribution in [1.29, 1.82) is 0 Å². The summed E-state index contributed by atoms with van der Waals surface area (Å²) in [7, 11) is 0. The van der Waals surface area contributed by atoms with Gasteiger partial charge in [-0.15, -0.1) is 0 Å². The van der Waals surface area contributed by atoms with E-state index in [1.165, 1.54) is 0 Å². The Morgan fingerprint density at radius 2 is 1.90 bits per heavy atom. The Balaban J connectivity index is 2.31. The van der Waals surface area contributed by atoms with Crippen LogP contribution in [0.15, 0.2) is 0 Å². The molecule has 1 unspecified atom stereocenters. The topological polar surface area (TPSA) is 58.8 Å². The maximum atomic E-state index is 11.7. The van der Waals surface area contributed by atoms with E-state index in [0.29, 0.717) is 18.1 Å². The molecule has 0 spiro atoms. The van der Waals surface area contributed by atoms with Crippen molar-refractivity contribution in [1.82, 2.24) is 9.80 Å². The Morgan fingerprint density at radius 3 is 2.43 bits per heavy atom. The van der Waals surface area contributed by atoms with E-state index in [0.717, 1.165) is 51.9 Å². The monoisotopic (exact) mass is 315 g/mol. The molecule has 0 radical (unpaired) electrons. The van der Waals surface area contributed by atoms with Crippen LogP contribution in [0.4, 0.5) is 0 Å². The van der Waals surface area contributed by atoms with Gasteiger partial charge in [-0.1, -0.05) is 38.9 Å². The van der Waals surface area contributed by atoms with Crippen LogP contribution in [0.2, 0.25) is 0 Å². The van der Waals surface area contributed by atoms with Crippen LogP contribution in [0.1, 0.15) is 39.5 Å². The summed E-state index contributed by atoms with van der Waals surface area (Å²) < 4.78 is 5.20. The molecule has 1 aliphatic heterocycles. The van der Waals surface area contributed by atoms with Crippen LogP contribution < -0.4 is 5.73 Å². The van der Waals surface area contributed by atoms with Crippen LogP contribution in [0, 0.1) is 0 Å². The lowest BCUT2D eigenvalue weighted by Crippen LogP contribution is -2.54. The van der Waals surface area contributed by atoms with Crippen molar-refractivity contribution >= 4 is 23.2 Å². The van der Waals surface area contributed by atoms with Gasteiger partial charge in [0, 0.05) is 26.2 Å². The van der Waals surface area contributed by atoms with Gasteiger partial charge in [-0.3, -0.25) is 14.6 Å². The van der Waals surface area contributed by atoms with Gasteiger partial charge in [-0.25, -0.2) is 0 Å². The van der Waals surface area contributed by atoms with Crippen molar-refractivity contribution in [3.8, 4) is 0 Å². The Hall–Kier alpha value is -0.720. The average Bonchev–Trinajstić information content (AvgIpc) is 2.46. The second-order valence-corrected chi connectivity index (χ2v) is 6.06. The molecule has 5 nitrogen and oxygen atoms in total. The lowest BCUT2D eigenvalue weighted by molar-refractivity contribution is -0.145. The van der Waals surface area contributed by atoms with Crippen molar-refractivity contribution in [2.75, 3.05) is 39.3 Å². The molecule has 0 aliphatic carbocycles. The molecule has 21 heavy (non-hydrogen) atoms. The molecule has 1 saturated heterocycles. The van der Waals surface area contributed by atoms with Crippen molar-refractivity contribution < 1.29 is 9.53 Å². The number of rotatable bonds is 9. The fourth-order valence-corrected chi connectivity index (χ4v) is 2.84. The van der Waals surface area contributed by atoms with Crippen LogP contribution in [0.5, 0.6) is 0 Å². The van der Waals surface area contributed by atoms with Gasteiger partial charge in [0.05, 0.1) is 24.2 Å². The van der Waals surface area contributed by atoms with E-state index in [2.05, 4.69) is 23.6 Å². The molecule has 6 heteroatoms. The Bertz CT molecular complexity index is 331. The van der Waals surface area contributed by atoms with Gasteiger partial charge in [0.2, 0.25) is 0 Å². The number of nitrogens with two attached hydrogens (primary N) is 1. The highest BCUT2D eigenvalue weighted by molar-refractivity contribution is 7.80. The number of nitrogens with zero attached hydrogens (tertiary/aromatic N) is 2. The average molecular weight is 315 g/mol. The van der Waals surface area contributed by atoms with Crippen molar-refractivity contribution in [3.63, 3.8) is 0 Å². The fraction of sp³-hybridized carbons (Fsp3) is 0.867. The molecule has 1 aliphatic rings. The zero-order chi connectivity index (χ0) is 15.7.